The Bertz CT molecular complexity index is 3330. The number of Topliss-reactive ketones (excluding diaryl/α,β-unsaturated/α-hetero) is 3. The van der Waals surface area contributed by atoms with E-state index in [1.807, 2.05) is 6.92 Å². The first-order valence-electron chi connectivity index (χ1n) is 36.5. The molecular weight excluding hydrogens is 1360 g/mol. The lowest BCUT2D eigenvalue weighted by atomic mass is 9.44. The van der Waals surface area contributed by atoms with E-state index in [4.69, 9.17) is 48.4 Å². The van der Waals surface area contributed by atoms with Gasteiger partial charge in [0.25, 0.3) is 0 Å². The van der Waals surface area contributed by atoms with Gasteiger partial charge in [-0.3, -0.25) is 33.6 Å². The molecule has 27 nitrogen and oxygen atoms in total. The molecule has 4 saturated carbocycles. The average Bonchev–Trinajstić information content (AvgIpc) is 1.42. The van der Waals surface area contributed by atoms with Gasteiger partial charge in [0.2, 0.25) is 17.6 Å². The van der Waals surface area contributed by atoms with E-state index in [2.05, 4.69) is 38.4 Å². The van der Waals surface area contributed by atoms with E-state index in [1.165, 1.54) is 45.1 Å². The van der Waals surface area contributed by atoms with Crippen molar-refractivity contribution < 1.29 is 110 Å². The van der Waals surface area contributed by atoms with Gasteiger partial charge in [0.1, 0.15) is 18.8 Å². The van der Waals surface area contributed by atoms with Crippen molar-refractivity contribution in [2.75, 3.05) is 91.1 Å². The smallest absolute Gasteiger partial charge is 0.408 e. The predicted octanol–water partition coefficient (Wildman–Crippen LogP) is 6.31. The largest absolute Gasteiger partial charge is 0.457 e. The molecule has 5 fully saturated rings. The first-order valence-corrected chi connectivity index (χ1v) is 36.5. The number of ketones is 4. The van der Waals surface area contributed by atoms with E-state index in [9.17, 15) is 58.2 Å². The highest BCUT2D eigenvalue weighted by atomic mass is 19.1. The summed E-state index contributed by atoms with van der Waals surface area (Å²) in [5.41, 5.74) is -3.01. The number of alkyl carbamates (subject to hydrolysis) is 2. The number of primary amides is 1. The van der Waals surface area contributed by atoms with Crippen LogP contribution >= 0.6 is 0 Å². The number of nitrogens with two attached hydrogens (primary N) is 1. The zero-order valence-electron chi connectivity index (χ0n) is 60.8. The molecule has 1 aromatic carbocycles. The Kier molecular flexibility index (Phi) is 29.5. The van der Waals surface area contributed by atoms with Crippen molar-refractivity contribution in [2.24, 2.45) is 63.4 Å². The maximum atomic E-state index is 18.0. The van der Waals surface area contributed by atoms with Crippen molar-refractivity contribution in [3.05, 3.63) is 53.6 Å². The van der Waals surface area contributed by atoms with Crippen molar-refractivity contribution in [3.63, 3.8) is 0 Å². The minimum atomic E-state index is -2.44. The third-order valence-electron chi connectivity index (χ3n) is 21.8. The second kappa shape index (κ2) is 37.3. The number of ether oxygens (including phenoxy) is 9. The maximum Gasteiger partial charge on any atom is 0.408 e. The van der Waals surface area contributed by atoms with Gasteiger partial charge in [-0.2, -0.15) is 0 Å². The lowest BCUT2D eigenvalue weighted by Gasteiger charge is -2.63. The van der Waals surface area contributed by atoms with Crippen LogP contribution in [0.5, 0.6) is 0 Å². The molecule has 1 saturated heterocycles. The molecule has 1 aliphatic heterocycles. The number of halogens is 2. The standard InChI is InChI=1S/C75H106F2N6O21/c1-8-14-64-103-62-38-53-54-37-56(76)55-36-49(85)22-24-72(55,6)74(54,77)60(88)40-73(53,7)75(62,104-64)61(89)44-100-67(92)71(4,5)39-59(87)57(41-84)82-70(95)101-42-46-18-20-48(21-19-46)81-66(91)47(15-13-25-79-68(78)93)35-58(86)65(45(2)3)83-63(90)23-27-96-29-31-98-33-34-99-32-30-97-28-26-80-69(94)102-43-52-50-16-11-9-10-12-17-51(50)52/h18-22,24,36,45,47,50-54,56-57,60,62,64-65,84,88H,8,11-17,23,25-35,37-44H2,1-7H3,(H,80,94)(H,81,91)(H,82,95)(H,83,90)(H3,78,79,93)/t47-,50-,51+,52?,53+,54+,56+,57+,60+,62-,64?,65+,72+,73+,74+,75-/m1/s1. The number of urea groups is 1. The molecule has 7 aliphatic rings. The number of hydrogen-bond donors (Lipinski definition) is 8. The third kappa shape index (κ3) is 20.0. The Morgan fingerprint density at radius 1 is 0.817 bits per heavy atom. The molecule has 0 radical (unpaired) electrons. The summed E-state index contributed by atoms with van der Waals surface area (Å²) in [4.78, 5) is 132. The van der Waals surface area contributed by atoms with Gasteiger partial charge in [-0.05, 0) is 137 Å². The van der Waals surface area contributed by atoms with Crippen LogP contribution in [0.2, 0.25) is 0 Å². The Morgan fingerprint density at radius 2 is 1.47 bits per heavy atom. The van der Waals surface area contributed by atoms with Crippen LogP contribution in [0, 0.1) is 69.5 Å². The van der Waals surface area contributed by atoms with Gasteiger partial charge in [-0.1, -0.05) is 52.3 Å². The van der Waals surface area contributed by atoms with E-state index >= 15 is 8.78 Å². The quantitative estimate of drug-likeness (QED) is 0.0154. The number of anilines is 1. The van der Waals surface area contributed by atoms with Gasteiger partial charge in [-0.25, -0.2) is 23.2 Å². The Balaban J connectivity index is 0.722. The molecule has 1 aromatic rings. The van der Waals surface area contributed by atoms with Crippen molar-refractivity contribution in [2.45, 2.75) is 193 Å². The molecule has 6 amide bonds. The summed E-state index contributed by atoms with van der Waals surface area (Å²) in [6.07, 6.45) is 0.589. The number of carbonyl (C=O) groups is 10. The lowest BCUT2D eigenvalue weighted by Crippen LogP contribution is -2.71. The number of aliphatic hydroxyl groups excluding tert-OH is 2. The molecular formula is C75H106F2N6O21. The van der Waals surface area contributed by atoms with E-state index in [-0.39, 0.29) is 89.4 Å². The number of benzene rings is 1. The molecule has 0 spiro atoms. The zero-order valence-corrected chi connectivity index (χ0v) is 60.8. The van der Waals surface area contributed by atoms with Gasteiger partial charge in [0, 0.05) is 73.5 Å². The van der Waals surface area contributed by atoms with Gasteiger partial charge in [-0.15, -0.1) is 11.8 Å². The molecule has 9 N–H and O–H groups in total. The van der Waals surface area contributed by atoms with E-state index < -0.39 is 161 Å². The van der Waals surface area contributed by atoms with E-state index in [0.717, 1.165) is 31.8 Å². The highest BCUT2D eigenvalue weighted by molar-refractivity contribution is 6.02. The van der Waals surface area contributed by atoms with Crippen LogP contribution in [-0.2, 0) is 82.8 Å². The minimum Gasteiger partial charge on any atom is -0.457 e. The fraction of sp³-hybridized carbons (Fsp3) is 0.707. The van der Waals surface area contributed by atoms with Crippen LogP contribution in [0.4, 0.5) is 28.9 Å². The highest BCUT2D eigenvalue weighted by Crippen LogP contribution is 2.72. The SMILES string of the molecule is CCCC1O[C@@H]2C[C@H]3[C@@H]4C[C@H](F)C5=CC(=O)C=C[C@]5(C)[C@@]4(F)[C@@H](O)C[C@]3(C)[C@]2(C(=O)COC(=O)C(C)(C)CC(=O)[C@H](CO)NC(=O)OCc2ccc(NC(=O)[C@H](CCCNC(N)=O)CC(=O)[C@@H](NC(=O)CCOCCOCCOCCOCCNC(=O)OCC3[C@H]4CCC#CCC[C@@H]34)C(C)C)cc2)O1. The molecule has 29 heteroatoms. The molecule has 8 rings (SSSR count). The lowest BCUT2D eigenvalue weighted by molar-refractivity contribution is -0.235. The summed E-state index contributed by atoms with van der Waals surface area (Å²) in [6, 6.07) is 2.89. The van der Waals surface area contributed by atoms with Crippen LogP contribution in [0.25, 0.3) is 0 Å². The van der Waals surface area contributed by atoms with Crippen LogP contribution in [0.1, 0.15) is 144 Å². The number of allylic oxidation sites excluding steroid dienone is 4. The van der Waals surface area contributed by atoms with Gasteiger partial charge in [0.15, 0.2) is 41.5 Å². The Morgan fingerprint density at radius 3 is 2.11 bits per heavy atom. The molecule has 1 heterocycles. The number of carbonyl (C=O) groups excluding carboxylic acids is 10. The van der Waals surface area contributed by atoms with Crippen LogP contribution in [-0.4, -0.2) is 203 Å². The number of alkyl halides is 2. The van der Waals surface area contributed by atoms with Crippen molar-refractivity contribution >= 4 is 64.8 Å². The number of esters is 1. The zero-order chi connectivity index (χ0) is 75.6. The predicted molar refractivity (Wildman–Crippen MR) is 371 cm³/mol. The summed E-state index contributed by atoms with van der Waals surface area (Å²) >= 11 is 0. The molecule has 6 aliphatic carbocycles. The monoisotopic (exact) mass is 1460 g/mol. The number of fused-ring (bicyclic) bond motifs is 8. The number of hydrogen-bond acceptors (Lipinski definition) is 21. The third-order valence-corrected chi connectivity index (χ3v) is 21.8. The molecule has 0 aromatic heterocycles. The fourth-order valence-corrected chi connectivity index (χ4v) is 16.2. The van der Waals surface area contributed by atoms with Gasteiger partial charge in [0.05, 0.1) is 89.7 Å². The normalized spacial score (nSPS) is 28.6. The number of nitrogens with one attached hydrogen (secondary N) is 5. The first kappa shape index (κ1) is 82.4. The summed E-state index contributed by atoms with van der Waals surface area (Å²) < 4.78 is 85.7. The van der Waals surface area contributed by atoms with Crippen LogP contribution in [0.3, 0.4) is 0 Å². The molecule has 576 valence electrons. The fourth-order valence-electron chi connectivity index (χ4n) is 16.2. The summed E-state index contributed by atoms with van der Waals surface area (Å²) in [7, 11) is 0. The van der Waals surface area contributed by atoms with Crippen LogP contribution < -0.4 is 32.3 Å². The highest BCUT2D eigenvalue weighted by Gasteiger charge is 2.80. The summed E-state index contributed by atoms with van der Waals surface area (Å²) in [6.45, 7) is 12.2. The number of rotatable bonds is 41. The number of amides is 6. The minimum absolute atomic E-state index is 0.0482. The second-order valence-electron chi connectivity index (χ2n) is 29.7. The van der Waals surface area contributed by atoms with Gasteiger partial charge < -0.3 is 85.2 Å². The van der Waals surface area contributed by atoms with E-state index in [0.29, 0.717) is 88.0 Å². The maximum absolute atomic E-state index is 18.0. The van der Waals surface area contributed by atoms with Crippen molar-refractivity contribution in [3.8, 4) is 11.8 Å². The van der Waals surface area contributed by atoms with Crippen molar-refractivity contribution in [1.29, 1.82) is 0 Å². The van der Waals surface area contributed by atoms with Gasteiger partial charge >= 0.3 is 24.2 Å². The number of aliphatic hydroxyl groups is 2. The van der Waals surface area contributed by atoms with Crippen LogP contribution in [0.15, 0.2) is 48.1 Å². The second-order valence-corrected chi connectivity index (χ2v) is 29.7. The summed E-state index contributed by atoms with van der Waals surface area (Å²) in [5.74, 6) is 0.497. The molecule has 2 unspecified atom stereocenters. The average molecular weight is 1470 g/mol. The molecule has 16 atom stereocenters. The first-order chi connectivity index (χ1) is 49.5. The van der Waals surface area contributed by atoms with E-state index in [1.54, 1.807) is 32.9 Å². The van der Waals surface area contributed by atoms with Crippen molar-refractivity contribution in [1.82, 2.24) is 21.3 Å². The Labute approximate surface area is 606 Å². The molecule has 0 bridgehead atoms. The molecule has 104 heavy (non-hydrogen) atoms. The Hall–Kier alpha value is -7.30. The topological polar surface area (TPSA) is 380 Å². The summed E-state index contributed by atoms with van der Waals surface area (Å²) in [5, 5.41) is 35.3.